The summed E-state index contributed by atoms with van der Waals surface area (Å²) in [5, 5.41) is 4.24. The minimum Gasteiger partial charge on any atom is -0.494 e. The first-order valence-electron chi connectivity index (χ1n) is 10.5. The summed E-state index contributed by atoms with van der Waals surface area (Å²) < 4.78 is 5.67. The van der Waals surface area contributed by atoms with Crippen LogP contribution in [0.15, 0.2) is 48.5 Å². The van der Waals surface area contributed by atoms with Crippen molar-refractivity contribution in [2.24, 2.45) is 0 Å². The Morgan fingerprint density at radius 1 is 1.00 bits per heavy atom. The zero-order valence-electron chi connectivity index (χ0n) is 18.2. The van der Waals surface area contributed by atoms with Crippen molar-refractivity contribution >= 4 is 35.0 Å². The van der Waals surface area contributed by atoms with Gasteiger partial charge >= 0.3 is 0 Å². The summed E-state index contributed by atoms with van der Waals surface area (Å²) in [5.41, 5.74) is 0.915. The van der Waals surface area contributed by atoms with Gasteiger partial charge in [0.25, 0.3) is 0 Å². The molecule has 1 N–H and O–H groups in total. The average Bonchev–Trinajstić information content (AvgIpc) is 2.76. The number of halogens is 2. The molecule has 7 heteroatoms. The van der Waals surface area contributed by atoms with E-state index in [0.717, 1.165) is 12.0 Å². The maximum atomic E-state index is 13.0. The number of nitrogens with one attached hydrogen (secondary N) is 1. The van der Waals surface area contributed by atoms with Crippen molar-refractivity contribution in [2.75, 3.05) is 6.61 Å². The highest BCUT2D eigenvalue weighted by molar-refractivity contribution is 6.30. The molecule has 0 saturated carbocycles. The van der Waals surface area contributed by atoms with Crippen LogP contribution in [0.1, 0.15) is 45.6 Å². The van der Waals surface area contributed by atoms with E-state index in [-0.39, 0.29) is 24.3 Å². The Kier molecular flexibility index (Phi) is 10.2. The molecule has 2 rings (SSSR count). The molecule has 0 bridgehead atoms. The highest BCUT2D eigenvalue weighted by atomic mass is 35.5. The van der Waals surface area contributed by atoms with Gasteiger partial charge in [-0.3, -0.25) is 9.59 Å². The number of amides is 2. The van der Waals surface area contributed by atoms with Crippen LogP contribution >= 0.6 is 23.2 Å². The fourth-order valence-corrected chi connectivity index (χ4v) is 3.17. The Hall–Kier alpha value is -2.24. The number of ether oxygens (including phenoxy) is 1. The number of carbonyl (C=O) groups excluding carboxylic acids is 2. The molecule has 2 amide bonds. The molecule has 2 unspecified atom stereocenters. The van der Waals surface area contributed by atoms with Crippen molar-refractivity contribution in [3.05, 3.63) is 64.1 Å². The molecular weight excluding hydrogens is 435 g/mol. The molecular formula is C24H30Cl2N2O3. The highest BCUT2D eigenvalue weighted by Crippen LogP contribution is 2.17. The number of hydrogen-bond acceptors (Lipinski definition) is 3. The quantitative estimate of drug-likeness (QED) is 0.447. The molecule has 0 aliphatic carbocycles. The molecule has 2 aromatic carbocycles. The minimum atomic E-state index is -0.589. The third-order valence-electron chi connectivity index (χ3n) is 5.05. The van der Waals surface area contributed by atoms with Crippen LogP contribution in [-0.4, -0.2) is 35.4 Å². The van der Waals surface area contributed by atoms with Gasteiger partial charge in [-0.05, 0) is 68.7 Å². The van der Waals surface area contributed by atoms with Gasteiger partial charge in [0.05, 0.1) is 6.61 Å². The Balaban J connectivity index is 1.99. The lowest BCUT2D eigenvalue weighted by atomic mass is 10.1. The van der Waals surface area contributed by atoms with Crippen LogP contribution in [0.25, 0.3) is 0 Å². The summed E-state index contributed by atoms with van der Waals surface area (Å²) in [7, 11) is 0. The first-order valence-corrected chi connectivity index (χ1v) is 11.3. The minimum absolute atomic E-state index is 0.0511. The zero-order chi connectivity index (χ0) is 22.8. The number of carbonyl (C=O) groups is 2. The van der Waals surface area contributed by atoms with Gasteiger partial charge in [-0.2, -0.15) is 0 Å². The van der Waals surface area contributed by atoms with E-state index in [1.165, 1.54) is 0 Å². The van der Waals surface area contributed by atoms with E-state index >= 15 is 0 Å². The van der Waals surface area contributed by atoms with E-state index in [2.05, 4.69) is 5.32 Å². The monoisotopic (exact) mass is 464 g/mol. The molecule has 168 valence electrons. The molecule has 0 spiro atoms. The molecule has 0 fully saturated rings. The summed E-state index contributed by atoms with van der Waals surface area (Å²) >= 11 is 11.8. The summed E-state index contributed by atoms with van der Waals surface area (Å²) in [6, 6.07) is 13.9. The molecule has 0 saturated heterocycles. The van der Waals surface area contributed by atoms with E-state index in [4.69, 9.17) is 27.9 Å². The van der Waals surface area contributed by atoms with Crippen LogP contribution < -0.4 is 10.1 Å². The zero-order valence-corrected chi connectivity index (χ0v) is 19.7. The number of benzene rings is 2. The van der Waals surface area contributed by atoms with Crippen LogP contribution in [0, 0.1) is 0 Å². The number of hydrogen-bond donors (Lipinski definition) is 1. The van der Waals surface area contributed by atoms with E-state index < -0.39 is 6.04 Å². The second kappa shape index (κ2) is 12.6. The van der Waals surface area contributed by atoms with E-state index in [0.29, 0.717) is 35.4 Å². The standard InChI is InChI=1S/C24H30Cl2N2O3/c1-4-17(2)27-24(30)18(3)28(16-19-7-9-20(25)10-8-19)23(29)6-5-15-31-22-13-11-21(26)12-14-22/h7-14,17-18H,4-6,15-16H2,1-3H3,(H,27,30). The van der Waals surface area contributed by atoms with Gasteiger partial charge < -0.3 is 15.0 Å². The van der Waals surface area contributed by atoms with Gasteiger partial charge in [-0.15, -0.1) is 0 Å². The third kappa shape index (κ3) is 8.42. The predicted molar refractivity (Wildman–Crippen MR) is 126 cm³/mol. The predicted octanol–water partition coefficient (Wildman–Crippen LogP) is 5.48. The molecule has 0 aliphatic rings. The molecule has 0 heterocycles. The second-order valence-electron chi connectivity index (χ2n) is 7.55. The van der Waals surface area contributed by atoms with Crippen LogP contribution in [0.5, 0.6) is 5.75 Å². The van der Waals surface area contributed by atoms with E-state index in [9.17, 15) is 9.59 Å². The Labute approximate surface area is 194 Å². The van der Waals surface area contributed by atoms with Gasteiger partial charge in [0, 0.05) is 29.1 Å². The fraction of sp³-hybridized carbons (Fsp3) is 0.417. The number of nitrogens with zero attached hydrogens (tertiary/aromatic N) is 1. The molecule has 0 radical (unpaired) electrons. The van der Waals surface area contributed by atoms with E-state index in [1.807, 2.05) is 26.0 Å². The Bertz CT molecular complexity index is 841. The first-order chi connectivity index (χ1) is 14.8. The first kappa shape index (κ1) is 25.0. The maximum absolute atomic E-state index is 13.0. The Morgan fingerprint density at radius 2 is 1.58 bits per heavy atom. The van der Waals surface area contributed by atoms with Crippen molar-refractivity contribution in [1.82, 2.24) is 10.2 Å². The topological polar surface area (TPSA) is 58.6 Å². The maximum Gasteiger partial charge on any atom is 0.242 e. The molecule has 0 aromatic heterocycles. The lowest BCUT2D eigenvalue weighted by molar-refractivity contribution is -0.141. The number of rotatable bonds is 11. The van der Waals surface area contributed by atoms with Crippen molar-refractivity contribution in [3.63, 3.8) is 0 Å². The van der Waals surface area contributed by atoms with Crippen LogP contribution in [-0.2, 0) is 16.1 Å². The molecule has 31 heavy (non-hydrogen) atoms. The highest BCUT2D eigenvalue weighted by Gasteiger charge is 2.26. The normalized spacial score (nSPS) is 12.7. The van der Waals surface area contributed by atoms with Gasteiger partial charge in [-0.1, -0.05) is 42.3 Å². The largest absolute Gasteiger partial charge is 0.494 e. The average molecular weight is 465 g/mol. The van der Waals surface area contributed by atoms with Crippen LogP contribution in [0.4, 0.5) is 0 Å². The fourth-order valence-electron chi connectivity index (χ4n) is 2.92. The summed E-state index contributed by atoms with van der Waals surface area (Å²) in [4.78, 5) is 27.3. The summed E-state index contributed by atoms with van der Waals surface area (Å²) in [6.45, 7) is 6.45. The van der Waals surface area contributed by atoms with Gasteiger partial charge in [0.15, 0.2) is 0 Å². The van der Waals surface area contributed by atoms with E-state index in [1.54, 1.807) is 48.2 Å². The van der Waals surface area contributed by atoms with Crippen molar-refractivity contribution in [1.29, 1.82) is 0 Å². The smallest absolute Gasteiger partial charge is 0.242 e. The lowest BCUT2D eigenvalue weighted by Crippen LogP contribution is -2.49. The van der Waals surface area contributed by atoms with Gasteiger partial charge in [0.2, 0.25) is 11.8 Å². The molecule has 2 aromatic rings. The second-order valence-corrected chi connectivity index (χ2v) is 8.42. The molecule has 5 nitrogen and oxygen atoms in total. The van der Waals surface area contributed by atoms with Gasteiger partial charge in [0.1, 0.15) is 11.8 Å². The summed E-state index contributed by atoms with van der Waals surface area (Å²) in [5.74, 6) is 0.451. The van der Waals surface area contributed by atoms with Crippen LogP contribution in [0.3, 0.4) is 0 Å². The molecule has 0 aliphatic heterocycles. The Morgan fingerprint density at radius 3 is 2.16 bits per heavy atom. The van der Waals surface area contributed by atoms with Crippen molar-refractivity contribution in [3.8, 4) is 5.75 Å². The molecule has 2 atom stereocenters. The van der Waals surface area contributed by atoms with Crippen molar-refractivity contribution in [2.45, 2.75) is 58.7 Å². The van der Waals surface area contributed by atoms with Crippen molar-refractivity contribution < 1.29 is 14.3 Å². The third-order valence-corrected chi connectivity index (χ3v) is 5.56. The lowest BCUT2D eigenvalue weighted by Gasteiger charge is -2.29. The van der Waals surface area contributed by atoms with Crippen LogP contribution in [0.2, 0.25) is 10.0 Å². The SMILES string of the molecule is CCC(C)NC(=O)C(C)N(Cc1ccc(Cl)cc1)C(=O)CCCOc1ccc(Cl)cc1. The summed E-state index contributed by atoms with van der Waals surface area (Å²) in [6.07, 6.45) is 1.64. The van der Waals surface area contributed by atoms with Gasteiger partial charge in [-0.25, -0.2) is 0 Å².